The summed E-state index contributed by atoms with van der Waals surface area (Å²) in [6.07, 6.45) is 2.31. The van der Waals surface area contributed by atoms with Gasteiger partial charge in [-0.05, 0) is 31.2 Å². The Morgan fingerprint density at radius 3 is 2.55 bits per heavy atom. The van der Waals surface area contributed by atoms with E-state index < -0.39 is 0 Å². The molecule has 0 aliphatic rings. The maximum absolute atomic E-state index is 5.95. The normalized spacial score (nSPS) is 12.8. The highest BCUT2D eigenvalue weighted by Gasteiger charge is 2.10. The molecule has 4 heteroatoms. The molecule has 114 valence electrons. The maximum atomic E-state index is 5.95. The van der Waals surface area contributed by atoms with Crippen molar-refractivity contribution in [2.24, 2.45) is 0 Å². The fourth-order valence-electron chi connectivity index (χ4n) is 2.16. The first-order valence-corrected chi connectivity index (χ1v) is 7.71. The van der Waals surface area contributed by atoms with E-state index in [4.69, 9.17) is 16.3 Å². The quantitative estimate of drug-likeness (QED) is 0.717. The van der Waals surface area contributed by atoms with Crippen molar-refractivity contribution >= 4 is 11.6 Å². The second kappa shape index (κ2) is 10.2. The van der Waals surface area contributed by atoms with Gasteiger partial charge in [-0.15, -0.1) is 0 Å². The third-order valence-corrected chi connectivity index (χ3v) is 3.66. The van der Waals surface area contributed by atoms with Gasteiger partial charge in [-0.1, -0.05) is 37.1 Å². The summed E-state index contributed by atoms with van der Waals surface area (Å²) in [5, 5.41) is 4.43. The van der Waals surface area contributed by atoms with Gasteiger partial charge in [-0.2, -0.15) is 0 Å². The number of hydrogen-bond donors (Lipinski definition) is 1. The van der Waals surface area contributed by atoms with E-state index in [2.05, 4.69) is 36.3 Å². The molecular weight excluding hydrogens is 272 g/mol. The Morgan fingerprint density at radius 1 is 1.25 bits per heavy atom. The fourth-order valence-corrected chi connectivity index (χ4v) is 2.28. The largest absolute Gasteiger partial charge is 0.383 e. The zero-order chi connectivity index (χ0) is 14.8. The molecule has 1 atom stereocenters. The van der Waals surface area contributed by atoms with Crippen LogP contribution in [0.5, 0.6) is 0 Å². The summed E-state index contributed by atoms with van der Waals surface area (Å²) in [5.41, 5.74) is 1.32. The lowest BCUT2D eigenvalue weighted by Crippen LogP contribution is -2.33. The van der Waals surface area contributed by atoms with Crippen LogP contribution in [0.3, 0.4) is 0 Å². The van der Waals surface area contributed by atoms with E-state index in [1.54, 1.807) is 7.11 Å². The molecule has 1 N–H and O–H groups in total. The van der Waals surface area contributed by atoms with Crippen molar-refractivity contribution in [3.8, 4) is 0 Å². The van der Waals surface area contributed by atoms with Crippen LogP contribution in [0.1, 0.15) is 31.4 Å². The molecule has 3 nitrogen and oxygen atoms in total. The molecule has 0 radical (unpaired) electrons. The number of likely N-dealkylation sites (N-methyl/N-ethyl adjacent to an activating group) is 1. The van der Waals surface area contributed by atoms with Crippen molar-refractivity contribution in [3.63, 3.8) is 0 Å². The molecule has 0 aliphatic heterocycles. The number of ether oxygens (including phenoxy) is 1. The van der Waals surface area contributed by atoms with Gasteiger partial charge in [0, 0.05) is 37.8 Å². The molecule has 20 heavy (non-hydrogen) atoms. The van der Waals surface area contributed by atoms with Gasteiger partial charge in [0.2, 0.25) is 0 Å². The minimum absolute atomic E-state index is 0.410. The van der Waals surface area contributed by atoms with Crippen LogP contribution in [0.4, 0.5) is 0 Å². The molecule has 0 heterocycles. The van der Waals surface area contributed by atoms with Gasteiger partial charge in [-0.3, -0.25) is 0 Å². The lowest BCUT2D eigenvalue weighted by molar-refractivity contribution is 0.161. The Morgan fingerprint density at radius 2 is 1.95 bits per heavy atom. The summed E-state index contributed by atoms with van der Waals surface area (Å²) >= 11 is 5.95. The van der Waals surface area contributed by atoms with Crippen molar-refractivity contribution < 1.29 is 4.74 Å². The van der Waals surface area contributed by atoms with Crippen LogP contribution in [0, 0.1) is 0 Å². The smallest absolute Gasteiger partial charge is 0.0589 e. The monoisotopic (exact) mass is 298 g/mol. The fraction of sp³-hybridized carbons (Fsp3) is 0.625. The second-order valence-electron chi connectivity index (χ2n) is 5.14. The van der Waals surface area contributed by atoms with Crippen molar-refractivity contribution in [2.45, 2.75) is 25.8 Å². The SMILES string of the molecule is CCCC(NCCN(C)CCOC)c1ccc(Cl)cc1. The number of nitrogens with one attached hydrogen (secondary N) is 1. The molecule has 1 aromatic carbocycles. The summed E-state index contributed by atoms with van der Waals surface area (Å²) in [4.78, 5) is 2.28. The summed E-state index contributed by atoms with van der Waals surface area (Å²) in [7, 11) is 3.86. The average molecular weight is 299 g/mol. The summed E-state index contributed by atoms with van der Waals surface area (Å²) in [5.74, 6) is 0. The predicted molar refractivity (Wildman–Crippen MR) is 86.5 cm³/mol. The standard InChI is InChI=1S/C16H27ClN2O/c1-4-5-16(14-6-8-15(17)9-7-14)18-10-11-19(2)12-13-20-3/h6-9,16,18H,4-5,10-13H2,1-3H3. The van der Waals surface area contributed by atoms with Crippen molar-refractivity contribution in [1.82, 2.24) is 10.2 Å². The number of halogens is 1. The van der Waals surface area contributed by atoms with Gasteiger partial charge >= 0.3 is 0 Å². The topological polar surface area (TPSA) is 24.5 Å². The van der Waals surface area contributed by atoms with Crippen LogP contribution in [0.15, 0.2) is 24.3 Å². The average Bonchev–Trinajstić information content (AvgIpc) is 2.45. The molecule has 1 rings (SSSR count). The van der Waals surface area contributed by atoms with Crippen molar-refractivity contribution in [3.05, 3.63) is 34.9 Å². The molecule has 1 aromatic rings. The van der Waals surface area contributed by atoms with Crippen LogP contribution in [-0.4, -0.2) is 45.3 Å². The first-order chi connectivity index (χ1) is 9.67. The maximum Gasteiger partial charge on any atom is 0.0589 e. The highest BCUT2D eigenvalue weighted by atomic mass is 35.5. The summed E-state index contributed by atoms with van der Waals surface area (Å²) in [6.45, 7) is 5.98. The van der Waals surface area contributed by atoms with Crippen LogP contribution in [-0.2, 0) is 4.74 Å². The van der Waals surface area contributed by atoms with E-state index in [1.165, 1.54) is 12.0 Å². The molecule has 0 saturated carbocycles. The number of hydrogen-bond acceptors (Lipinski definition) is 3. The van der Waals surface area contributed by atoms with E-state index in [-0.39, 0.29) is 0 Å². The molecule has 0 saturated heterocycles. The molecule has 0 bridgehead atoms. The lowest BCUT2D eigenvalue weighted by atomic mass is 10.0. The van der Waals surface area contributed by atoms with Gasteiger partial charge in [0.1, 0.15) is 0 Å². The Hall–Kier alpha value is -0.610. The number of rotatable bonds is 10. The third-order valence-electron chi connectivity index (χ3n) is 3.41. The Balaban J connectivity index is 2.41. The van der Waals surface area contributed by atoms with E-state index in [0.29, 0.717) is 6.04 Å². The molecular formula is C16H27ClN2O. The highest BCUT2D eigenvalue weighted by molar-refractivity contribution is 6.30. The summed E-state index contributed by atoms with van der Waals surface area (Å²) in [6, 6.07) is 8.57. The van der Waals surface area contributed by atoms with Crippen molar-refractivity contribution in [2.75, 3.05) is 40.4 Å². The first-order valence-electron chi connectivity index (χ1n) is 7.33. The zero-order valence-electron chi connectivity index (χ0n) is 12.9. The Labute approximate surface area is 128 Å². The lowest BCUT2D eigenvalue weighted by Gasteiger charge is -2.21. The minimum atomic E-state index is 0.410. The molecule has 0 fully saturated rings. The van der Waals surface area contributed by atoms with E-state index >= 15 is 0 Å². The van der Waals surface area contributed by atoms with E-state index in [0.717, 1.165) is 37.7 Å². The Kier molecular flexibility index (Phi) is 8.86. The van der Waals surface area contributed by atoms with Gasteiger partial charge in [0.25, 0.3) is 0 Å². The number of nitrogens with zero attached hydrogens (tertiary/aromatic N) is 1. The van der Waals surface area contributed by atoms with Gasteiger partial charge in [-0.25, -0.2) is 0 Å². The molecule has 1 unspecified atom stereocenters. The predicted octanol–water partition coefficient (Wildman–Crippen LogP) is 3.35. The van der Waals surface area contributed by atoms with E-state index in [1.807, 2.05) is 12.1 Å². The molecule has 0 amide bonds. The van der Waals surface area contributed by atoms with Crippen LogP contribution in [0.25, 0.3) is 0 Å². The van der Waals surface area contributed by atoms with Crippen molar-refractivity contribution in [1.29, 1.82) is 0 Å². The van der Waals surface area contributed by atoms with Gasteiger partial charge < -0.3 is 15.0 Å². The zero-order valence-corrected chi connectivity index (χ0v) is 13.6. The van der Waals surface area contributed by atoms with Gasteiger partial charge in [0.05, 0.1) is 6.61 Å². The minimum Gasteiger partial charge on any atom is -0.383 e. The number of methoxy groups -OCH3 is 1. The van der Waals surface area contributed by atoms with Crippen LogP contribution < -0.4 is 5.32 Å². The molecule has 0 aromatic heterocycles. The molecule has 0 spiro atoms. The van der Waals surface area contributed by atoms with Crippen LogP contribution >= 0.6 is 11.6 Å². The number of benzene rings is 1. The van der Waals surface area contributed by atoms with Crippen LogP contribution in [0.2, 0.25) is 5.02 Å². The highest BCUT2D eigenvalue weighted by Crippen LogP contribution is 2.20. The van der Waals surface area contributed by atoms with Gasteiger partial charge in [0.15, 0.2) is 0 Å². The first kappa shape index (κ1) is 17.4. The third kappa shape index (κ3) is 6.71. The second-order valence-corrected chi connectivity index (χ2v) is 5.58. The Bertz CT molecular complexity index is 356. The molecule has 0 aliphatic carbocycles. The summed E-state index contributed by atoms with van der Waals surface area (Å²) < 4.78 is 5.08. The van der Waals surface area contributed by atoms with E-state index in [9.17, 15) is 0 Å².